The average molecular weight is 367 g/mol. The van der Waals surface area contributed by atoms with Crippen LogP contribution in [0.5, 0.6) is 0 Å². The molecule has 1 amide bonds. The Hall–Kier alpha value is -1.67. The molecule has 0 spiro atoms. The van der Waals surface area contributed by atoms with Crippen LogP contribution in [0, 0.1) is 19.8 Å². The summed E-state index contributed by atoms with van der Waals surface area (Å²) in [6, 6.07) is 0. The summed E-state index contributed by atoms with van der Waals surface area (Å²) in [5, 5.41) is 12.0. The minimum absolute atomic E-state index is 0.173. The van der Waals surface area contributed by atoms with Crippen LogP contribution in [0.4, 0.5) is 5.69 Å². The van der Waals surface area contributed by atoms with E-state index in [9.17, 15) is 9.00 Å². The molecule has 1 aliphatic rings. The Labute approximate surface area is 145 Å². The molecule has 130 valence electrons. The Kier molecular flexibility index (Phi) is 4.52. The van der Waals surface area contributed by atoms with Crippen molar-refractivity contribution in [2.45, 2.75) is 26.7 Å². The molecule has 0 atom stereocenters. The zero-order valence-electron chi connectivity index (χ0n) is 13.9. The maximum absolute atomic E-state index is 12.5. The van der Waals surface area contributed by atoms with E-state index in [1.807, 2.05) is 13.8 Å². The van der Waals surface area contributed by atoms with Crippen molar-refractivity contribution in [2.24, 2.45) is 5.92 Å². The molecule has 0 bridgehead atoms. The van der Waals surface area contributed by atoms with Gasteiger partial charge in [-0.3, -0.25) is 9.00 Å². The summed E-state index contributed by atoms with van der Waals surface area (Å²) in [6.07, 6.45) is 1.68. The molecule has 0 aromatic carbocycles. The van der Waals surface area contributed by atoms with E-state index in [2.05, 4.69) is 21.4 Å². The van der Waals surface area contributed by atoms with Crippen LogP contribution in [0.2, 0.25) is 0 Å². The van der Waals surface area contributed by atoms with Crippen molar-refractivity contribution in [3.63, 3.8) is 0 Å². The number of thiophene rings is 1. The van der Waals surface area contributed by atoms with Crippen LogP contribution in [-0.4, -0.2) is 44.2 Å². The number of hydrogen-bond acceptors (Lipinski definition) is 6. The molecule has 6 nitrogen and oxygen atoms in total. The Morgan fingerprint density at radius 1 is 1.38 bits per heavy atom. The van der Waals surface area contributed by atoms with Crippen molar-refractivity contribution in [1.82, 2.24) is 15.5 Å². The molecule has 3 heterocycles. The number of hydrogen-bond donors (Lipinski definition) is 2. The average Bonchev–Trinajstić information content (AvgIpc) is 2.87. The van der Waals surface area contributed by atoms with E-state index in [1.54, 1.807) is 0 Å². The third kappa shape index (κ3) is 3.25. The number of amides is 1. The van der Waals surface area contributed by atoms with Crippen molar-refractivity contribution >= 4 is 48.5 Å². The van der Waals surface area contributed by atoms with Crippen LogP contribution >= 0.6 is 11.3 Å². The Morgan fingerprint density at radius 2 is 2.04 bits per heavy atom. The monoisotopic (exact) mass is 366 g/mol. The molecule has 3 rings (SSSR count). The van der Waals surface area contributed by atoms with E-state index in [0.29, 0.717) is 39.4 Å². The van der Waals surface area contributed by atoms with Crippen molar-refractivity contribution < 1.29 is 9.00 Å². The van der Waals surface area contributed by atoms with Crippen LogP contribution < -0.4 is 11.1 Å². The quantitative estimate of drug-likeness (QED) is 0.807. The number of anilines is 1. The van der Waals surface area contributed by atoms with Crippen LogP contribution in [0.1, 0.15) is 33.8 Å². The predicted molar refractivity (Wildman–Crippen MR) is 101 cm³/mol. The largest absolute Gasteiger partial charge is 0.397 e. The first-order valence-corrected chi connectivity index (χ1v) is 10.8. The maximum atomic E-state index is 12.5. The highest BCUT2D eigenvalue weighted by atomic mass is 32.2. The number of aromatic nitrogens is 2. The second-order valence-corrected chi connectivity index (χ2v) is 10.2. The van der Waals surface area contributed by atoms with E-state index in [0.717, 1.165) is 29.5 Å². The molecule has 0 aliphatic carbocycles. The van der Waals surface area contributed by atoms with E-state index in [1.165, 1.54) is 11.3 Å². The van der Waals surface area contributed by atoms with Gasteiger partial charge in [0.05, 0.1) is 11.4 Å². The second-order valence-electron chi connectivity index (χ2n) is 6.46. The van der Waals surface area contributed by atoms with E-state index in [4.69, 9.17) is 5.73 Å². The molecular weight excluding hydrogens is 344 g/mol. The van der Waals surface area contributed by atoms with Crippen molar-refractivity contribution in [3.05, 3.63) is 16.1 Å². The van der Waals surface area contributed by atoms with Gasteiger partial charge in [-0.2, -0.15) is 5.10 Å². The third-order valence-electron chi connectivity index (χ3n) is 4.69. The number of carbonyl (C=O) groups is 1. The lowest BCUT2D eigenvalue weighted by molar-refractivity contribution is 0.0951. The first-order valence-electron chi connectivity index (χ1n) is 7.91. The summed E-state index contributed by atoms with van der Waals surface area (Å²) in [5.41, 5.74) is 8.45. The Balaban J connectivity index is 1.73. The van der Waals surface area contributed by atoms with Crippen molar-refractivity contribution in [1.29, 1.82) is 0 Å². The molecule has 0 unspecified atom stereocenters. The molecule has 1 fully saturated rings. The lowest BCUT2D eigenvalue weighted by atomic mass is 10.0. The Bertz CT molecular complexity index is 888. The van der Waals surface area contributed by atoms with Gasteiger partial charge in [0.25, 0.3) is 5.91 Å². The van der Waals surface area contributed by atoms with Gasteiger partial charge in [0.2, 0.25) is 0 Å². The van der Waals surface area contributed by atoms with E-state index < -0.39 is 9.52 Å². The molecule has 1 aliphatic heterocycles. The van der Waals surface area contributed by atoms with Gasteiger partial charge in [-0.25, -0.2) is 0 Å². The van der Waals surface area contributed by atoms with Gasteiger partial charge in [-0.15, -0.1) is 16.4 Å². The lowest BCUT2D eigenvalue weighted by Crippen LogP contribution is -2.33. The predicted octanol–water partition coefficient (Wildman–Crippen LogP) is 1.75. The first kappa shape index (κ1) is 17.2. The summed E-state index contributed by atoms with van der Waals surface area (Å²) in [7, 11) is -1.89. The van der Waals surface area contributed by atoms with Gasteiger partial charge >= 0.3 is 0 Å². The maximum Gasteiger partial charge on any atom is 0.263 e. The minimum Gasteiger partial charge on any atom is -0.397 e. The van der Waals surface area contributed by atoms with Gasteiger partial charge in [-0.1, -0.05) is 0 Å². The van der Waals surface area contributed by atoms with Crippen molar-refractivity contribution in [2.75, 3.05) is 23.8 Å². The molecule has 0 radical (unpaired) electrons. The topological polar surface area (TPSA) is 98.0 Å². The number of nitrogens with zero attached hydrogens (tertiary/aromatic N) is 2. The molecule has 1 saturated heterocycles. The highest BCUT2D eigenvalue weighted by Crippen LogP contribution is 2.34. The summed E-state index contributed by atoms with van der Waals surface area (Å²) < 4.78 is 11.9. The number of nitrogen functional groups attached to an aromatic ring is 1. The van der Waals surface area contributed by atoms with Gasteiger partial charge in [0.1, 0.15) is 9.71 Å². The van der Waals surface area contributed by atoms with Crippen LogP contribution in [-0.2, 0) is 9.52 Å². The number of carbonyl (C=O) groups excluding carboxylic acids is 1. The summed E-state index contributed by atoms with van der Waals surface area (Å²) >= 11 is 1.27. The number of aryl methyl sites for hydroxylation is 2. The molecule has 8 heteroatoms. The number of fused-ring (bicyclic) bond motifs is 1. The molecular formula is C16H22N4O2S2. The van der Waals surface area contributed by atoms with Gasteiger partial charge in [-0.05, 0) is 53.6 Å². The Morgan fingerprint density at radius 3 is 2.71 bits per heavy atom. The van der Waals surface area contributed by atoms with Crippen molar-refractivity contribution in [3.8, 4) is 0 Å². The third-order valence-corrected chi connectivity index (χ3v) is 7.74. The van der Waals surface area contributed by atoms with Crippen LogP contribution in [0.25, 0.3) is 10.2 Å². The number of nitrogens with two attached hydrogens (primary N) is 1. The van der Waals surface area contributed by atoms with Gasteiger partial charge < -0.3 is 11.1 Å². The minimum atomic E-state index is -1.89. The van der Waals surface area contributed by atoms with E-state index in [-0.39, 0.29) is 5.91 Å². The first-order chi connectivity index (χ1) is 11.3. The van der Waals surface area contributed by atoms with Gasteiger partial charge in [0.15, 0.2) is 0 Å². The zero-order valence-corrected chi connectivity index (χ0v) is 15.6. The highest BCUT2D eigenvalue weighted by molar-refractivity contribution is 8.00. The normalized spacial score (nSPS) is 24.2. The summed E-state index contributed by atoms with van der Waals surface area (Å²) in [5.74, 6) is 5.24. The van der Waals surface area contributed by atoms with E-state index >= 15 is 0 Å². The fourth-order valence-corrected chi connectivity index (χ4v) is 5.69. The number of nitrogens with one attached hydrogen (secondary N) is 1. The van der Waals surface area contributed by atoms with Crippen LogP contribution in [0.15, 0.2) is 0 Å². The fourth-order valence-electron chi connectivity index (χ4n) is 2.94. The molecule has 3 N–H and O–H groups in total. The second kappa shape index (κ2) is 6.33. The van der Waals surface area contributed by atoms with Crippen LogP contribution in [0.3, 0.4) is 0 Å². The summed E-state index contributed by atoms with van der Waals surface area (Å²) in [6.45, 7) is 4.39. The molecule has 0 saturated carbocycles. The lowest BCUT2D eigenvalue weighted by Gasteiger charge is -2.24. The fraction of sp³-hybridized carbons (Fsp3) is 0.500. The highest BCUT2D eigenvalue weighted by Gasteiger charge is 2.23. The summed E-state index contributed by atoms with van der Waals surface area (Å²) in [4.78, 5) is 13.7. The molecule has 2 aromatic heterocycles. The smallest absolute Gasteiger partial charge is 0.263 e. The zero-order chi connectivity index (χ0) is 17.5. The molecule has 2 aromatic rings. The molecule has 24 heavy (non-hydrogen) atoms. The SMILES string of the molecule is C=S1(=O)CCC(CNC(=O)c2sc3nnc(C)c(C)c3c2N)CC1. The van der Waals surface area contributed by atoms with Gasteiger partial charge in [0, 0.05) is 23.4 Å². The number of rotatable bonds is 3. The standard InChI is InChI=1S/C16H22N4O2S2/c1-9-10(2)19-20-16-12(9)13(17)14(23-16)15(21)18-8-11-4-6-24(3,22)7-5-11/h11H,3-8,17H2,1-2H3,(H,18,21).